The first-order valence-corrected chi connectivity index (χ1v) is 7.85. The fourth-order valence-electron chi connectivity index (χ4n) is 2.45. The number of methoxy groups -OCH3 is 2. The third-order valence-electron chi connectivity index (χ3n) is 3.67. The number of ether oxygens (including phenoxy) is 4. The minimum atomic E-state index is -0.186. The van der Waals surface area contributed by atoms with Crippen molar-refractivity contribution in [3.05, 3.63) is 36.4 Å². The summed E-state index contributed by atoms with van der Waals surface area (Å²) in [6.45, 7) is 1.13. The summed E-state index contributed by atoms with van der Waals surface area (Å²) in [4.78, 5) is 12.2. The number of hydrogen-bond acceptors (Lipinski definition) is 6. The van der Waals surface area contributed by atoms with Crippen LogP contribution in [0.15, 0.2) is 36.4 Å². The van der Waals surface area contributed by atoms with Crippen molar-refractivity contribution in [1.82, 2.24) is 0 Å². The van der Waals surface area contributed by atoms with Crippen molar-refractivity contribution in [2.24, 2.45) is 0 Å². The van der Waals surface area contributed by atoms with Crippen LogP contribution in [0.5, 0.6) is 23.0 Å². The van der Waals surface area contributed by atoms with E-state index in [-0.39, 0.29) is 12.5 Å². The normalized spacial score (nSPS) is 12.2. The Bertz CT molecular complexity index is 763. The van der Waals surface area contributed by atoms with E-state index in [1.807, 2.05) is 0 Å². The largest absolute Gasteiger partial charge is 0.497 e. The molecule has 132 valence electrons. The fourth-order valence-corrected chi connectivity index (χ4v) is 2.45. The SMILES string of the molecule is COc1ccc(NCC(=O)Nc2ccc3c(c2)OCCO3)c(OC)c1. The van der Waals surface area contributed by atoms with Gasteiger partial charge in [-0.2, -0.15) is 0 Å². The Balaban J connectivity index is 1.60. The predicted molar refractivity (Wildman–Crippen MR) is 94.1 cm³/mol. The van der Waals surface area contributed by atoms with Crippen molar-refractivity contribution >= 4 is 17.3 Å². The standard InChI is InChI=1S/C18H20N2O5/c1-22-13-4-5-14(16(10-13)23-2)19-11-18(21)20-12-3-6-15-17(9-12)25-8-7-24-15/h3-6,9-10,19H,7-8,11H2,1-2H3,(H,20,21). The highest BCUT2D eigenvalue weighted by molar-refractivity contribution is 5.94. The van der Waals surface area contributed by atoms with Gasteiger partial charge in [0.15, 0.2) is 11.5 Å². The quantitative estimate of drug-likeness (QED) is 0.838. The molecule has 1 heterocycles. The average molecular weight is 344 g/mol. The molecule has 0 radical (unpaired) electrons. The Morgan fingerprint density at radius 2 is 1.84 bits per heavy atom. The summed E-state index contributed by atoms with van der Waals surface area (Å²) < 4.78 is 21.4. The second-order valence-electron chi connectivity index (χ2n) is 5.33. The second-order valence-corrected chi connectivity index (χ2v) is 5.33. The lowest BCUT2D eigenvalue weighted by atomic mass is 10.2. The molecular formula is C18H20N2O5. The molecule has 25 heavy (non-hydrogen) atoms. The third kappa shape index (κ3) is 4.06. The summed E-state index contributed by atoms with van der Waals surface area (Å²) in [7, 11) is 3.15. The molecule has 0 unspecified atom stereocenters. The minimum Gasteiger partial charge on any atom is -0.497 e. The fraction of sp³-hybridized carbons (Fsp3) is 0.278. The zero-order valence-corrected chi connectivity index (χ0v) is 14.1. The van der Waals surface area contributed by atoms with Gasteiger partial charge < -0.3 is 29.6 Å². The number of anilines is 2. The van der Waals surface area contributed by atoms with Crippen molar-refractivity contribution in [3.63, 3.8) is 0 Å². The van der Waals surface area contributed by atoms with Crippen LogP contribution in [-0.4, -0.2) is 39.9 Å². The molecule has 0 spiro atoms. The lowest BCUT2D eigenvalue weighted by Gasteiger charge is -2.19. The first-order valence-electron chi connectivity index (χ1n) is 7.85. The molecule has 2 aromatic rings. The average Bonchev–Trinajstić information content (AvgIpc) is 2.66. The van der Waals surface area contributed by atoms with E-state index in [1.54, 1.807) is 50.6 Å². The van der Waals surface area contributed by atoms with Crippen LogP contribution < -0.4 is 29.6 Å². The molecule has 0 atom stereocenters. The molecule has 1 aliphatic heterocycles. The number of rotatable bonds is 6. The summed E-state index contributed by atoms with van der Waals surface area (Å²) in [5, 5.41) is 5.87. The highest BCUT2D eigenvalue weighted by Gasteiger charge is 2.13. The van der Waals surface area contributed by atoms with Crippen molar-refractivity contribution in [1.29, 1.82) is 0 Å². The van der Waals surface area contributed by atoms with E-state index < -0.39 is 0 Å². The van der Waals surface area contributed by atoms with Crippen molar-refractivity contribution < 1.29 is 23.7 Å². The molecule has 2 aromatic carbocycles. The first kappa shape index (κ1) is 16.8. The maximum atomic E-state index is 12.2. The van der Waals surface area contributed by atoms with Crippen LogP contribution in [0.4, 0.5) is 11.4 Å². The van der Waals surface area contributed by atoms with Gasteiger partial charge in [0.1, 0.15) is 24.7 Å². The number of carbonyl (C=O) groups excluding carboxylic acids is 1. The van der Waals surface area contributed by atoms with Gasteiger partial charge in [-0.05, 0) is 24.3 Å². The lowest BCUT2D eigenvalue weighted by Crippen LogP contribution is -2.22. The third-order valence-corrected chi connectivity index (χ3v) is 3.67. The van der Waals surface area contributed by atoms with Gasteiger partial charge in [-0.3, -0.25) is 4.79 Å². The number of fused-ring (bicyclic) bond motifs is 1. The lowest BCUT2D eigenvalue weighted by molar-refractivity contribution is -0.114. The molecule has 0 aliphatic carbocycles. The topological polar surface area (TPSA) is 78.1 Å². The van der Waals surface area contributed by atoms with Gasteiger partial charge in [0, 0.05) is 17.8 Å². The number of hydrogen-bond donors (Lipinski definition) is 2. The van der Waals surface area contributed by atoms with E-state index in [0.717, 1.165) is 0 Å². The van der Waals surface area contributed by atoms with Crippen LogP contribution in [0.3, 0.4) is 0 Å². The zero-order chi connectivity index (χ0) is 17.6. The maximum absolute atomic E-state index is 12.2. The molecule has 0 aromatic heterocycles. The Kier molecular flexibility index (Phi) is 5.13. The molecule has 1 amide bonds. The summed E-state index contributed by atoms with van der Waals surface area (Å²) in [5.74, 6) is 2.42. The smallest absolute Gasteiger partial charge is 0.243 e. The van der Waals surface area contributed by atoms with E-state index in [4.69, 9.17) is 18.9 Å². The Labute approximate surface area is 145 Å². The zero-order valence-electron chi connectivity index (χ0n) is 14.1. The van der Waals surface area contributed by atoms with Crippen LogP contribution in [0.2, 0.25) is 0 Å². The molecule has 0 fully saturated rings. The maximum Gasteiger partial charge on any atom is 0.243 e. The monoisotopic (exact) mass is 344 g/mol. The molecule has 0 saturated carbocycles. The van der Waals surface area contributed by atoms with Gasteiger partial charge in [-0.1, -0.05) is 0 Å². The predicted octanol–water partition coefficient (Wildman–Crippen LogP) is 2.53. The van der Waals surface area contributed by atoms with Crippen LogP contribution in [0.1, 0.15) is 0 Å². The van der Waals surface area contributed by atoms with E-state index in [2.05, 4.69) is 10.6 Å². The van der Waals surface area contributed by atoms with Crippen molar-refractivity contribution in [2.75, 3.05) is 44.6 Å². The molecular weight excluding hydrogens is 324 g/mol. The van der Waals surface area contributed by atoms with Crippen LogP contribution >= 0.6 is 0 Å². The molecule has 7 nitrogen and oxygen atoms in total. The molecule has 2 N–H and O–H groups in total. The summed E-state index contributed by atoms with van der Waals surface area (Å²) in [6.07, 6.45) is 0. The Hall–Kier alpha value is -3.09. The number of amides is 1. The van der Waals surface area contributed by atoms with Gasteiger partial charge in [0.2, 0.25) is 5.91 Å². The van der Waals surface area contributed by atoms with Gasteiger partial charge >= 0.3 is 0 Å². The Morgan fingerprint density at radius 3 is 2.60 bits per heavy atom. The summed E-state index contributed by atoms with van der Waals surface area (Å²) >= 11 is 0. The summed E-state index contributed by atoms with van der Waals surface area (Å²) in [6, 6.07) is 10.7. The molecule has 1 aliphatic rings. The molecule has 7 heteroatoms. The molecule has 0 saturated heterocycles. The number of carbonyl (C=O) groups is 1. The van der Waals surface area contributed by atoms with Crippen LogP contribution in [0.25, 0.3) is 0 Å². The highest BCUT2D eigenvalue weighted by atomic mass is 16.6. The second kappa shape index (κ2) is 7.65. The van der Waals surface area contributed by atoms with Crippen LogP contribution in [0, 0.1) is 0 Å². The minimum absolute atomic E-state index is 0.0944. The van der Waals surface area contributed by atoms with Gasteiger partial charge in [-0.25, -0.2) is 0 Å². The summed E-state index contributed by atoms with van der Waals surface area (Å²) in [5.41, 5.74) is 1.36. The van der Waals surface area contributed by atoms with E-state index in [9.17, 15) is 4.79 Å². The first-order chi connectivity index (χ1) is 12.2. The van der Waals surface area contributed by atoms with Gasteiger partial charge in [0.05, 0.1) is 26.5 Å². The number of benzene rings is 2. The molecule has 3 rings (SSSR count). The van der Waals surface area contributed by atoms with E-state index in [1.165, 1.54) is 0 Å². The van der Waals surface area contributed by atoms with Gasteiger partial charge in [-0.15, -0.1) is 0 Å². The van der Waals surface area contributed by atoms with E-state index >= 15 is 0 Å². The molecule has 0 bridgehead atoms. The van der Waals surface area contributed by atoms with Gasteiger partial charge in [0.25, 0.3) is 0 Å². The van der Waals surface area contributed by atoms with Crippen molar-refractivity contribution in [2.45, 2.75) is 0 Å². The highest BCUT2D eigenvalue weighted by Crippen LogP contribution is 2.32. The van der Waals surface area contributed by atoms with Crippen molar-refractivity contribution in [3.8, 4) is 23.0 Å². The van der Waals surface area contributed by atoms with E-state index in [0.29, 0.717) is 47.6 Å². The van der Waals surface area contributed by atoms with Crippen LogP contribution in [-0.2, 0) is 4.79 Å². The number of nitrogens with one attached hydrogen (secondary N) is 2. The Morgan fingerprint density at radius 1 is 1.04 bits per heavy atom.